The summed E-state index contributed by atoms with van der Waals surface area (Å²) in [6, 6.07) is 61.6. The van der Waals surface area contributed by atoms with E-state index >= 15 is 0 Å². The van der Waals surface area contributed by atoms with Crippen LogP contribution in [-0.4, -0.2) is 18.7 Å². The maximum absolute atomic E-state index is 5.63. The molecule has 308 valence electrons. The van der Waals surface area contributed by atoms with Crippen LogP contribution >= 0.6 is 0 Å². The van der Waals surface area contributed by atoms with E-state index in [1.54, 1.807) is 0 Å². The Morgan fingerprint density at radius 1 is 0.297 bits per heavy atom. The molecule has 64 heavy (non-hydrogen) atoms. The van der Waals surface area contributed by atoms with Crippen LogP contribution in [0.5, 0.6) is 0 Å². The Bertz CT molecular complexity index is 3710. The molecule has 0 atom stereocenters. The highest BCUT2D eigenvalue weighted by molar-refractivity contribution is 6.17. The Balaban J connectivity index is 1.28. The molecule has 0 saturated heterocycles. The molecule has 0 aliphatic rings. The predicted molar refractivity (Wildman–Crippen MR) is 271 cm³/mol. The van der Waals surface area contributed by atoms with Gasteiger partial charge in [0, 0.05) is 43.6 Å². The molecule has 4 nitrogen and oxygen atoms in total. The van der Waals surface area contributed by atoms with E-state index in [4.69, 9.17) is 4.98 Å². The molecule has 0 spiro atoms. The number of hydrogen-bond acceptors (Lipinski definition) is 1. The van der Waals surface area contributed by atoms with E-state index in [0.717, 1.165) is 50.6 Å². The van der Waals surface area contributed by atoms with E-state index in [0.29, 0.717) is 0 Å². The van der Waals surface area contributed by atoms with Crippen LogP contribution in [0.15, 0.2) is 164 Å². The molecule has 12 rings (SSSR count). The number of aromatic nitrogens is 4. The van der Waals surface area contributed by atoms with Gasteiger partial charge in [-0.3, -0.25) is 4.57 Å². The molecule has 4 heterocycles. The van der Waals surface area contributed by atoms with Crippen molar-refractivity contribution >= 4 is 65.4 Å². The summed E-state index contributed by atoms with van der Waals surface area (Å²) in [5.41, 5.74) is 22.2. The van der Waals surface area contributed by atoms with E-state index in [9.17, 15) is 0 Å². The third-order valence-corrected chi connectivity index (χ3v) is 13.4. The summed E-state index contributed by atoms with van der Waals surface area (Å²) in [5.74, 6) is 0.877. The molecule has 0 saturated carbocycles. The first kappa shape index (κ1) is 38.0. The van der Waals surface area contributed by atoms with Crippen molar-refractivity contribution in [3.05, 3.63) is 203 Å². The molecule has 4 aromatic heterocycles. The largest absolute Gasteiger partial charge is 0.309 e. The third kappa shape index (κ3) is 5.93. The van der Waals surface area contributed by atoms with Crippen LogP contribution in [0.1, 0.15) is 38.9 Å². The van der Waals surface area contributed by atoms with Gasteiger partial charge >= 0.3 is 0 Å². The van der Waals surface area contributed by atoms with Crippen LogP contribution in [0.25, 0.3) is 105 Å². The van der Waals surface area contributed by atoms with Gasteiger partial charge < -0.3 is 9.13 Å². The molecular weight excluding hydrogens is 777 g/mol. The minimum absolute atomic E-state index is 0.877. The highest BCUT2D eigenvalue weighted by Crippen LogP contribution is 2.44. The summed E-state index contributed by atoms with van der Waals surface area (Å²) in [7, 11) is 0. The lowest BCUT2D eigenvalue weighted by molar-refractivity contribution is 1.06. The topological polar surface area (TPSA) is 27.7 Å². The van der Waals surface area contributed by atoms with E-state index in [1.165, 1.54) is 93.3 Å². The number of aryl methyl sites for hydroxylation is 7. The first-order valence-corrected chi connectivity index (χ1v) is 22.4. The second kappa shape index (κ2) is 14.2. The first-order valence-electron chi connectivity index (χ1n) is 22.4. The molecule has 8 aromatic carbocycles. The van der Waals surface area contributed by atoms with Crippen molar-refractivity contribution < 1.29 is 0 Å². The Labute approximate surface area is 373 Å². The molecule has 12 aromatic rings. The molecule has 0 unspecified atom stereocenters. The van der Waals surface area contributed by atoms with Crippen LogP contribution in [-0.2, 0) is 0 Å². The zero-order valence-corrected chi connectivity index (χ0v) is 37.4. The summed E-state index contributed by atoms with van der Waals surface area (Å²) >= 11 is 0. The normalized spacial score (nSPS) is 12.0. The maximum Gasteiger partial charge on any atom is 0.138 e. The quantitative estimate of drug-likeness (QED) is 0.170. The van der Waals surface area contributed by atoms with Crippen LogP contribution in [0, 0.1) is 48.5 Å². The summed E-state index contributed by atoms with van der Waals surface area (Å²) in [6.07, 6.45) is 0. The van der Waals surface area contributed by atoms with Crippen LogP contribution in [0.2, 0.25) is 0 Å². The molecule has 0 N–H and O–H groups in total. The Hall–Kier alpha value is -7.69. The minimum atomic E-state index is 0.877. The van der Waals surface area contributed by atoms with Gasteiger partial charge in [0.05, 0.1) is 44.5 Å². The van der Waals surface area contributed by atoms with Crippen LogP contribution < -0.4 is 0 Å². The second-order valence-electron chi connectivity index (χ2n) is 18.3. The lowest BCUT2D eigenvalue weighted by atomic mass is 10.0. The third-order valence-electron chi connectivity index (χ3n) is 13.4. The van der Waals surface area contributed by atoms with Gasteiger partial charge in [-0.05, 0) is 145 Å². The molecule has 0 aliphatic heterocycles. The second-order valence-corrected chi connectivity index (χ2v) is 18.3. The van der Waals surface area contributed by atoms with Gasteiger partial charge in [-0.2, -0.15) is 0 Å². The molecule has 0 radical (unpaired) electrons. The van der Waals surface area contributed by atoms with E-state index in [2.05, 4.69) is 226 Å². The number of benzene rings is 8. The molecule has 0 bridgehead atoms. The monoisotopic (exact) mass is 824 g/mol. The zero-order chi connectivity index (χ0) is 43.5. The maximum atomic E-state index is 5.63. The number of nitrogens with zero attached hydrogens (tertiary/aromatic N) is 4. The summed E-state index contributed by atoms with van der Waals surface area (Å²) in [6.45, 7) is 15.3. The van der Waals surface area contributed by atoms with Crippen LogP contribution in [0.4, 0.5) is 0 Å². The SMILES string of the molecule is Cc1ccc(-c2cc(-c3ccc(C)cc3)nc(-n3c4ccc(C)cc4c4cc(-n5c6ccc(C)cc6c6cc(C)ccc65)cc(-n5c6ccc(C)cc6c6cc(C)ccc65)c43)c2)cc1. The standard InChI is InChI=1S/C60H48N4/c1-35-8-17-42(18-9-35)44-31-52(43-19-10-36(2)11-20-43)61-59(32-44)64-57-25-16-41(7)30-50(57)51-33-45(62-53-21-12-37(3)26-46(53)47-27-38(4)13-22-54(47)62)34-58(60(51)64)63-55-23-14-39(5)28-48(55)49-29-40(6)15-24-56(49)63/h8-34H,1-7H3. The number of pyridine rings is 1. The minimum Gasteiger partial charge on any atom is -0.309 e. The highest BCUT2D eigenvalue weighted by atomic mass is 15.1. The van der Waals surface area contributed by atoms with E-state index < -0.39 is 0 Å². The Morgan fingerprint density at radius 3 is 1.16 bits per heavy atom. The molecule has 4 heteroatoms. The molecule has 0 amide bonds. The van der Waals surface area contributed by atoms with Crippen molar-refractivity contribution in [1.29, 1.82) is 0 Å². The Morgan fingerprint density at radius 2 is 0.688 bits per heavy atom. The van der Waals surface area contributed by atoms with E-state index in [1.807, 2.05) is 0 Å². The summed E-state index contributed by atoms with van der Waals surface area (Å²) < 4.78 is 7.45. The molecule has 0 aliphatic carbocycles. The fourth-order valence-corrected chi connectivity index (χ4v) is 10.2. The van der Waals surface area contributed by atoms with Crippen molar-refractivity contribution in [3.8, 4) is 39.6 Å². The van der Waals surface area contributed by atoms with Crippen molar-refractivity contribution in [2.75, 3.05) is 0 Å². The lowest BCUT2D eigenvalue weighted by Gasteiger charge is -2.18. The zero-order valence-electron chi connectivity index (χ0n) is 37.4. The average Bonchev–Trinajstić information content (AvgIpc) is 3.90. The van der Waals surface area contributed by atoms with Crippen LogP contribution in [0.3, 0.4) is 0 Å². The van der Waals surface area contributed by atoms with Gasteiger partial charge in [-0.1, -0.05) is 118 Å². The first-order chi connectivity index (χ1) is 31.1. The smallest absolute Gasteiger partial charge is 0.138 e. The van der Waals surface area contributed by atoms with Crippen molar-refractivity contribution in [2.45, 2.75) is 48.5 Å². The molecule has 0 fully saturated rings. The van der Waals surface area contributed by atoms with Crippen molar-refractivity contribution in [1.82, 2.24) is 18.7 Å². The van der Waals surface area contributed by atoms with Gasteiger partial charge in [0.25, 0.3) is 0 Å². The number of hydrogen-bond donors (Lipinski definition) is 0. The van der Waals surface area contributed by atoms with Crippen molar-refractivity contribution in [3.63, 3.8) is 0 Å². The Kier molecular flexibility index (Phi) is 8.42. The lowest BCUT2D eigenvalue weighted by Crippen LogP contribution is -2.05. The highest BCUT2D eigenvalue weighted by Gasteiger charge is 2.25. The summed E-state index contributed by atoms with van der Waals surface area (Å²) in [4.78, 5) is 5.63. The van der Waals surface area contributed by atoms with Gasteiger partial charge in [0.15, 0.2) is 0 Å². The fraction of sp³-hybridized carbons (Fsp3) is 0.117. The predicted octanol–water partition coefficient (Wildman–Crippen LogP) is 15.9. The van der Waals surface area contributed by atoms with Gasteiger partial charge in [-0.25, -0.2) is 4.98 Å². The fourth-order valence-electron chi connectivity index (χ4n) is 10.2. The summed E-state index contributed by atoms with van der Waals surface area (Å²) in [5, 5.41) is 7.40. The van der Waals surface area contributed by atoms with Gasteiger partial charge in [0.2, 0.25) is 0 Å². The van der Waals surface area contributed by atoms with Gasteiger partial charge in [0.1, 0.15) is 5.82 Å². The van der Waals surface area contributed by atoms with Crippen molar-refractivity contribution in [2.24, 2.45) is 0 Å². The van der Waals surface area contributed by atoms with Gasteiger partial charge in [-0.15, -0.1) is 0 Å². The number of fused-ring (bicyclic) bond motifs is 9. The number of rotatable bonds is 5. The molecular formula is C60H48N4. The van der Waals surface area contributed by atoms with E-state index in [-0.39, 0.29) is 0 Å². The average molecular weight is 825 g/mol.